The standard InChI is InChI=1S/C21H26N6OS/c1-14(2)27-19(28)17-15-6-3-4-7-16(15)29-18(17)24-21(27)26-12-10-25(11-13-26)20-22-8-5-9-23-20/h5,8-9,14H,3-4,6-7,10-13H2,1-2H3. The van der Waals surface area contributed by atoms with Gasteiger partial charge in [0, 0.05) is 49.5 Å². The van der Waals surface area contributed by atoms with E-state index in [1.807, 2.05) is 10.6 Å². The number of piperazine rings is 1. The van der Waals surface area contributed by atoms with Crippen molar-refractivity contribution in [1.82, 2.24) is 19.5 Å². The van der Waals surface area contributed by atoms with Gasteiger partial charge in [0.25, 0.3) is 5.56 Å². The third-order valence-electron chi connectivity index (χ3n) is 5.92. The summed E-state index contributed by atoms with van der Waals surface area (Å²) in [6, 6.07) is 1.91. The number of aromatic nitrogens is 4. The summed E-state index contributed by atoms with van der Waals surface area (Å²) >= 11 is 1.73. The highest BCUT2D eigenvalue weighted by Crippen LogP contribution is 2.35. The second-order valence-electron chi connectivity index (χ2n) is 8.09. The van der Waals surface area contributed by atoms with Gasteiger partial charge in [0.2, 0.25) is 11.9 Å². The third-order valence-corrected chi connectivity index (χ3v) is 7.10. The fourth-order valence-corrected chi connectivity index (χ4v) is 5.70. The van der Waals surface area contributed by atoms with Crippen LogP contribution in [0.3, 0.4) is 0 Å². The molecule has 0 aromatic carbocycles. The first-order valence-electron chi connectivity index (χ1n) is 10.5. The molecule has 1 aliphatic carbocycles. The maximum Gasteiger partial charge on any atom is 0.264 e. The highest BCUT2D eigenvalue weighted by atomic mass is 32.1. The Bertz CT molecular complexity index is 1080. The van der Waals surface area contributed by atoms with Crippen LogP contribution in [0.2, 0.25) is 0 Å². The van der Waals surface area contributed by atoms with Crippen LogP contribution in [0.25, 0.3) is 10.2 Å². The van der Waals surface area contributed by atoms with E-state index in [-0.39, 0.29) is 11.6 Å². The van der Waals surface area contributed by atoms with Gasteiger partial charge in [0.15, 0.2) is 0 Å². The van der Waals surface area contributed by atoms with Gasteiger partial charge >= 0.3 is 0 Å². The van der Waals surface area contributed by atoms with E-state index in [9.17, 15) is 4.79 Å². The number of thiophene rings is 1. The zero-order valence-corrected chi connectivity index (χ0v) is 17.8. The Kier molecular flexibility index (Phi) is 4.73. The summed E-state index contributed by atoms with van der Waals surface area (Å²) in [5.74, 6) is 1.58. The average Bonchev–Trinajstić information content (AvgIpc) is 3.13. The van der Waals surface area contributed by atoms with E-state index in [0.29, 0.717) is 0 Å². The summed E-state index contributed by atoms with van der Waals surface area (Å²) in [7, 11) is 0. The largest absolute Gasteiger partial charge is 0.339 e. The SMILES string of the molecule is CC(C)n1c(N2CCN(c3ncccn3)CC2)nc2sc3c(c2c1=O)CCCC3. The number of anilines is 2. The van der Waals surface area contributed by atoms with E-state index >= 15 is 0 Å². The van der Waals surface area contributed by atoms with Crippen LogP contribution in [-0.2, 0) is 12.8 Å². The first-order valence-corrected chi connectivity index (χ1v) is 11.3. The monoisotopic (exact) mass is 410 g/mol. The first kappa shape index (κ1) is 18.5. The summed E-state index contributed by atoms with van der Waals surface area (Å²) in [5, 5.41) is 0.874. The number of fused-ring (bicyclic) bond motifs is 3. The van der Waals surface area contributed by atoms with Crippen molar-refractivity contribution in [3.8, 4) is 0 Å². The molecular weight excluding hydrogens is 384 g/mol. The minimum absolute atomic E-state index is 0.0732. The third kappa shape index (κ3) is 3.19. The Morgan fingerprint density at radius 3 is 2.41 bits per heavy atom. The topological polar surface area (TPSA) is 67.2 Å². The molecule has 0 saturated carbocycles. The summed E-state index contributed by atoms with van der Waals surface area (Å²) < 4.78 is 1.90. The van der Waals surface area contributed by atoms with Crippen LogP contribution < -0.4 is 15.4 Å². The van der Waals surface area contributed by atoms with Gasteiger partial charge in [-0.1, -0.05) is 0 Å². The second kappa shape index (κ2) is 7.40. The molecule has 7 nitrogen and oxygen atoms in total. The molecule has 0 amide bonds. The molecule has 152 valence electrons. The summed E-state index contributed by atoms with van der Waals surface area (Å²) in [6.45, 7) is 7.38. The molecule has 1 aliphatic heterocycles. The maximum absolute atomic E-state index is 13.5. The van der Waals surface area contributed by atoms with Crippen molar-refractivity contribution >= 4 is 33.5 Å². The minimum Gasteiger partial charge on any atom is -0.339 e. The number of rotatable bonds is 3. The minimum atomic E-state index is 0.0732. The molecule has 1 fully saturated rings. The highest BCUT2D eigenvalue weighted by molar-refractivity contribution is 7.18. The summed E-state index contributed by atoms with van der Waals surface area (Å²) in [5.41, 5.74) is 1.40. The number of hydrogen-bond donors (Lipinski definition) is 0. The maximum atomic E-state index is 13.5. The van der Waals surface area contributed by atoms with E-state index in [1.54, 1.807) is 23.7 Å². The quantitative estimate of drug-likeness (QED) is 0.661. The average molecular weight is 411 g/mol. The van der Waals surface area contributed by atoms with Gasteiger partial charge in [0.05, 0.1) is 5.39 Å². The van der Waals surface area contributed by atoms with Gasteiger partial charge in [-0.15, -0.1) is 11.3 Å². The smallest absolute Gasteiger partial charge is 0.264 e. The van der Waals surface area contributed by atoms with Crippen molar-refractivity contribution < 1.29 is 0 Å². The van der Waals surface area contributed by atoms with Gasteiger partial charge in [0.1, 0.15) is 4.83 Å². The fraction of sp³-hybridized carbons (Fsp3) is 0.524. The first-order chi connectivity index (χ1) is 14.1. The molecule has 0 spiro atoms. The predicted octanol–water partition coefficient (Wildman–Crippen LogP) is 3.03. The molecular formula is C21H26N6OS. The van der Waals surface area contributed by atoms with Crippen molar-refractivity contribution in [3.63, 3.8) is 0 Å². The van der Waals surface area contributed by atoms with Crippen LogP contribution in [0.5, 0.6) is 0 Å². The second-order valence-corrected chi connectivity index (χ2v) is 9.18. The van der Waals surface area contributed by atoms with Crippen molar-refractivity contribution in [2.45, 2.75) is 45.6 Å². The van der Waals surface area contributed by atoms with Crippen molar-refractivity contribution in [3.05, 3.63) is 39.3 Å². The van der Waals surface area contributed by atoms with Crippen LogP contribution >= 0.6 is 11.3 Å². The zero-order chi connectivity index (χ0) is 20.0. The molecule has 1 saturated heterocycles. The van der Waals surface area contributed by atoms with Crippen LogP contribution in [0, 0.1) is 0 Å². The van der Waals surface area contributed by atoms with E-state index in [2.05, 4.69) is 33.6 Å². The van der Waals surface area contributed by atoms with Crippen molar-refractivity contribution in [2.75, 3.05) is 36.0 Å². The molecule has 29 heavy (non-hydrogen) atoms. The van der Waals surface area contributed by atoms with Gasteiger partial charge in [-0.25, -0.2) is 15.0 Å². The molecule has 3 aromatic rings. The Labute approximate surface area is 174 Å². The molecule has 8 heteroatoms. The molecule has 3 aromatic heterocycles. The molecule has 0 N–H and O–H groups in total. The van der Waals surface area contributed by atoms with E-state index < -0.39 is 0 Å². The number of hydrogen-bond acceptors (Lipinski definition) is 7. The predicted molar refractivity (Wildman–Crippen MR) is 117 cm³/mol. The Balaban J connectivity index is 1.51. The van der Waals surface area contributed by atoms with E-state index in [4.69, 9.17) is 4.98 Å². The molecule has 0 bridgehead atoms. The molecule has 0 atom stereocenters. The molecule has 5 rings (SSSR count). The van der Waals surface area contributed by atoms with Gasteiger partial charge in [-0.2, -0.15) is 0 Å². The van der Waals surface area contributed by atoms with Crippen LogP contribution in [0.1, 0.15) is 43.2 Å². The lowest BCUT2D eigenvalue weighted by molar-refractivity contribution is 0.542. The van der Waals surface area contributed by atoms with Gasteiger partial charge in [-0.3, -0.25) is 9.36 Å². The van der Waals surface area contributed by atoms with Crippen LogP contribution in [0.4, 0.5) is 11.9 Å². The molecule has 2 aliphatic rings. The van der Waals surface area contributed by atoms with Gasteiger partial charge in [-0.05, 0) is 51.2 Å². The molecule has 0 radical (unpaired) electrons. The lowest BCUT2D eigenvalue weighted by Crippen LogP contribution is -2.49. The van der Waals surface area contributed by atoms with Crippen molar-refractivity contribution in [2.24, 2.45) is 0 Å². The Hall–Kier alpha value is -2.48. The fourth-order valence-electron chi connectivity index (χ4n) is 4.46. The zero-order valence-electron chi connectivity index (χ0n) is 17.0. The Morgan fingerprint density at radius 2 is 1.69 bits per heavy atom. The number of aryl methyl sites for hydroxylation is 2. The van der Waals surface area contributed by atoms with Crippen molar-refractivity contribution in [1.29, 1.82) is 0 Å². The summed E-state index contributed by atoms with van der Waals surface area (Å²) in [6.07, 6.45) is 8.04. The van der Waals surface area contributed by atoms with E-state index in [1.165, 1.54) is 23.3 Å². The van der Waals surface area contributed by atoms with Crippen LogP contribution in [-0.4, -0.2) is 45.7 Å². The Morgan fingerprint density at radius 1 is 1.00 bits per heavy atom. The lowest BCUT2D eigenvalue weighted by Gasteiger charge is -2.36. The molecule has 0 unspecified atom stereocenters. The normalized spacial score (nSPS) is 17.2. The van der Waals surface area contributed by atoms with E-state index in [0.717, 1.165) is 61.1 Å². The summed E-state index contributed by atoms with van der Waals surface area (Å²) in [4.78, 5) is 34.0. The molecule has 4 heterocycles. The van der Waals surface area contributed by atoms with Gasteiger partial charge < -0.3 is 9.80 Å². The highest BCUT2D eigenvalue weighted by Gasteiger charge is 2.27. The number of nitrogens with zero attached hydrogens (tertiary/aromatic N) is 6. The van der Waals surface area contributed by atoms with Crippen LogP contribution in [0.15, 0.2) is 23.3 Å². The lowest BCUT2D eigenvalue weighted by atomic mass is 9.97.